The van der Waals surface area contributed by atoms with Gasteiger partial charge >= 0.3 is 0 Å². The number of carbonyl (C=O) groups excluding carboxylic acids is 1. The number of aromatic nitrogens is 4. The number of fused-ring (bicyclic) bond motifs is 1. The molecule has 30 heavy (non-hydrogen) atoms. The number of rotatable bonds is 7. The highest BCUT2D eigenvalue weighted by Crippen LogP contribution is 2.26. The van der Waals surface area contributed by atoms with Gasteiger partial charge in [-0.2, -0.15) is 21.8 Å². The van der Waals surface area contributed by atoms with E-state index >= 15 is 0 Å². The number of nitrogens with zero attached hydrogens (tertiary/aromatic N) is 4. The number of para-hydroxylation sites is 1. The molecule has 1 saturated carbocycles. The van der Waals surface area contributed by atoms with Crippen LogP contribution in [0.4, 0.5) is 5.95 Å². The van der Waals surface area contributed by atoms with Gasteiger partial charge in [-0.3, -0.25) is 4.79 Å². The minimum atomic E-state index is 0.107. The molecule has 0 spiro atoms. The topological polar surface area (TPSA) is 84.7 Å². The van der Waals surface area contributed by atoms with Crippen LogP contribution in [0.25, 0.3) is 16.7 Å². The average Bonchev–Trinajstić information content (AvgIpc) is 3.19. The molecule has 1 atom stereocenters. The van der Waals surface area contributed by atoms with Crippen molar-refractivity contribution in [1.29, 1.82) is 0 Å². The smallest absolute Gasteiger partial charge is 0.224 e. The van der Waals surface area contributed by atoms with Crippen molar-refractivity contribution in [3.63, 3.8) is 0 Å². The molecule has 0 aliphatic heterocycles. The van der Waals surface area contributed by atoms with E-state index in [4.69, 9.17) is 0 Å². The molecule has 2 heterocycles. The van der Waals surface area contributed by atoms with Crippen molar-refractivity contribution < 1.29 is 4.79 Å². The number of thioether (sulfide) groups is 1. The lowest BCUT2D eigenvalue weighted by Crippen LogP contribution is -2.41. The predicted molar refractivity (Wildman–Crippen MR) is 122 cm³/mol. The van der Waals surface area contributed by atoms with Crippen LogP contribution in [0.3, 0.4) is 0 Å². The molecule has 158 valence electrons. The Morgan fingerprint density at radius 3 is 2.83 bits per heavy atom. The third-order valence-electron chi connectivity index (χ3n) is 5.57. The fourth-order valence-corrected chi connectivity index (χ4v) is 4.61. The summed E-state index contributed by atoms with van der Waals surface area (Å²) in [6.45, 7) is 2.06. The molecule has 1 aliphatic carbocycles. The van der Waals surface area contributed by atoms with Crippen LogP contribution >= 0.6 is 11.8 Å². The Labute approximate surface area is 181 Å². The zero-order valence-electron chi connectivity index (χ0n) is 17.4. The van der Waals surface area contributed by atoms with E-state index in [2.05, 4.69) is 38.9 Å². The Kier molecular flexibility index (Phi) is 6.52. The number of nitrogens with one attached hydrogen (secondary N) is 2. The van der Waals surface area contributed by atoms with Crippen LogP contribution in [0.5, 0.6) is 0 Å². The first-order chi connectivity index (χ1) is 14.6. The minimum Gasteiger partial charge on any atom is -0.353 e. The van der Waals surface area contributed by atoms with Gasteiger partial charge in [0, 0.05) is 41.4 Å². The summed E-state index contributed by atoms with van der Waals surface area (Å²) in [6, 6.07) is 10.4. The molecule has 1 aromatic carbocycles. The summed E-state index contributed by atoms with van der Waals surface area (Å²) in [4.78, 5) is 21.5. The van der Waals surface area contributed by atoms with E-state index < -0.39 is 0 Å². The first kappa shape index (κ1) is 20.7. The summed E-state index contributed by atoms with van der Waals surface area (Å²) in [5, 5.41) is 12.1. The molecular weight excluding hydrogens is 396 g/mol. The van der Waals surface area contributed by atoms with Crippen molar-refractivity contribution in [2.24, 2.45) is 5.92 Å². The second-order valence-electron chi connectivity index (χ2n) is 7.91. The number of anilines is 1. The van der Waals surface area contributed by atoms with E-state index in [9.17, 15) is 4.79 Å². The van der Waals surface area contributed by atoms with Gasteiger partial charge in [-0.15, -0.1) is 0 Å². The van der Waals surface area contributed by atoms with Crippen molar-refractivity contribution in [2.75, 3.05) is 17.3 Å². The fourth-order valence-electron chi connectivity index (χ4n) is 4.03. The number of benzene rings is 1. The number of carbonyl (C=O) groups is 1. The Morgan fingerprint density at radius 1 is 1.23 bits per heavy atom. The minimum absolute atomic E-state index is 0.107. The van der Waals surface area contributed by atoms with Crippen molar-refractivity contribution >= 4 is 34.5 Å². The van der Waals surface area contributed by atoms with Crippen LogP contribution in [-0.2, 0) is 4.79 Å². The fraction of sp³-hybridized carbons (Fsp3) is 0.455. The quantitative estimate of drug-likeness (QED) is 0.602. The summed E-state index contributed by atoms with van der Waals surface area (Å²) >= 11 is 1.76. The highest BCUT2D eigenvalue weighted by atomic mass is 32.2. The second kappa shape index (κ2) is 9.47. The lowest BCUT2D eigenvalue weighted by Gasteiger charge is -2.29. The Bertz CT molecular complexity index is 998. The van der Waals surface area contributed by atoms with E-state index in [1.165, 1.54) is 0 Å². The van der Waals surface area contributed by atoms with Gasteiger partial charge in [0.05, 0.1) is 11.7 Å². The first-order valence-corrected chi connectivity index (χ1v) is 11.9. The van der Waals surface area contributed by atoms with Crippen molar-refractivity contribution in [1.82, 2.24) is 25.1 Å². The molecule has 1 aliphatic rings. The second-order valence-corrected chi connectivity index (χ2v) is 8.82. The van der Waals surface area contributed by atoms with Gasteiger partial charge in [-0.25, -0.2) is 9.67 Å². The molecule has 1 amide bonds. The van der Waals surface area contributed by atoms with Crippen LogP contribution in [0.2, 0.25) is 0 Å². The van der Waals surface area contributed by atoms with Crippen LogP contribution in [0.15, 0.2) is 42.7 Å². The molecule has 2 aromatic heterocycles. The van der Waals surface area contributed by atoms with E-state index in [1.807, 2.05) is 41.2 Å². The van der Waals surface area contributed by atoms with Gasteiger partial charge in [0.25, 0.3) is 0 Å². The van der Waals surface area contributed by atoms with Gasteiger partial charge in [-0.05, 0) is 44.9 Å². The van der Waals surface area contributed by atoms with Crippen LogP contribution in [-0.4, -0.2) is 49.7 Å². The molecular formula is C22H28N6OS. The molecule has 0 radical (unpaired) electrons. The molecule has 0 saturated heterocycles. The monoisotopic (exact) mass is 424 g/mol. The van der Waals surface area contributed by atoms with Gasteiger partial charge < -0.3 is 10.6 Å². The molecule has 0 unspecified atom stereocenters. The summed E-state index contributed by atoms with van der Waals surface area (Å²) in [5.41, 5.74) is 1.02. The maximum atomic E-state index is 12.5. The molecule has 7 nitrogen and oxygen atoms in total. The molecule has 4 rings (SSSR count). The number of hydrogen-bond donors (Lipinski definition) is 2. The third-order valence-corrected chi connectivity index (χ3v) is 6.40. The summed E-state index contributed by atoms with van der Waals surface area (Å²) in [7, 11) is 0. The van der Waals surface area contributed by atoms with Crippen molar-refractivity contribution in [3.05, 3.63) is 42.7 Å². The third kappa shape index (κ3) is 4.75. The van der Waals surface area contributed by atoms with Crippen LogP contribution < -0.4 is 10.6 Å². The van der Waals surface area contributed by atoms with Crippen LogP contribution in [0.1, 0.15) is 32.6 Å². The van der Waals surface area contributed by atoms with E-state index in [1.54, 1.807) is 18.0 Å². The largest absolute Gasteiger partial charge is 0.353 e. The zero-order valence-corrected chi connectivity index (χ0v) is 18.2. The maximum absolute atomic E-state index is 12.5. The lowest BCUT2D eigenvalue weighted by molar-refractivity contribution is -0.126. The first-order valence-electron chi connectivity index (χ1n) is 10.5. The van der Waals surface area contributed by atoms with Crippen molar-refractivity contribution in [2.45, 2.75) is 44.7 Å². The summed E-state index contributed by atoms with van der Waals surface area (Å²) in [6.07, 6.45) is 9.31. The number of hydrogen-bond acceptors (Lipinski definition) is 6. The molecule has 1 fully saturated rings. The highest BCUT2D eigenvalue weighted by Gasteiger charge is 2.27. The van der Waals surface area contributed by atoms with Gasteiger partial charge in [0.2, 0.25) is 11.9 Å². The van der Waals surface area contributed by atoms with Gasteiger partial charge in [0.15, 0.2) is 5.82 Å². The lowest BCUT2D eigenvalue weighted by atomic mass is 9.85. The summed E-state index contributed by atoms with van der Waals surface area (Å²) in [5.74, 6) is 2.59. The number of amides is 1. The van der Waals surface area contributed by atoms with E-state index in [0.29, 0.717) is 5.95 Å². The Morgan fingerprint density at radius 2 is 2.03 bits per heavy atom. The normalized spacial score (nSPS) is 20.1. The Balaban J connectivity index is 1.36. The predicted octanol–water partition coefficient (Wildman–Crippen LogP) is 3.65. The maximum Gasteiger partial charge on any atom is 0.224 e. The molecule has 8 heteroatoms. The Hall–Kier alpha value is -2.61. The van der Waals surface area contributed by atoms with Crippen LogP contribution in [0, 0.1) is 5.92 Å². The SMILES string of the molecule is CSC[C@H](C)NC(=O)C1CCC(Nc2nccc(-n3ncc4ccccc43)n2)CC1. The van der Waals surface area contributed by atoms with Crippen molar-refractivity contribution in [3.8, 4) is 5.82 Å². The van der Waals surface area contributed by atoms with Gasteiger partial charge in [-0.1, -0.05) is 18.2 Å². The standard InChI is InChI=1S/C22H28N6OS/c1-15(14-30-2)25-21(29)16-7-9-18(10-8-16)26-22-23-12-11-20(27-22)28-19-6-4-3-5-17(19)13-24-28/h3-6,11-13,15-16,18H,7-10,14H2,1-2H3,(H,25,29)(H,23,26,27)/t15-,16?,18?/m0/s1. The molecule has 3 aromatic rings. The van der Waals surface area contributed by atoms with E-state index in [-0.39, 0.29) is 23.9 Å². The van der Waals surface area contributed by atoms with E-state index in [0.717, 1.165) is 48.2 Å². The summed E-state index contributed by atoms with van der Waals surface area (Å²) < 4.78 is 1.83. The zero-order chi connectivity index (χ0) is 20.9. The van der Waals surface area contributed by atoms with Gasteiger partial charge in [0.1, 0.15) is 0 Å². The molecule has 0 bridgehead atoms. The highest BCUT2D eigenvalue weighted by molar-refractivity contribution is 7.98. The molecule has 2 N–H and O–H groups in total. The average molecular weight is 425 g/mol.